The lowest BCUT2D eigenvalue weighted by Crippen LogP contribution is -2.25. The first-order valence-corrected chi connectivity index (χ1v) is 6.65. The number of benzene rings is 1. The molecule has 1 aromatic carbocycles. The second-order valence-corrected chi connectivity index (χ2v) is 5.47. The Balaban J connectivity index is 2.08. The summed E-state index contributed by atoms with van der Waals surface area (Å²) in [5.41, 5.74) is 0.620. The fraction of sp³-hybridized carbons (Fsp3) is 0.333. The van der Waals surface area contributed by atoms with Crippen molar-refractivity contribution in [2.24, 2.45) is 5.92 Å². The van der Waals surface area contributed by atoms with E-state index in [0.29, 0.717) is 21.7 Å². The smallest absolute Gasteiger partial charge is 0.229 e. The van der Waals surface area contributed by atoms with Gasteiger partial charge in [0.1, 0.15) is 0 Å². The third kappa shape index (κ3) is 2.67. The number of halogens is 2. The van der Waals surface area contributed by atoms with Crippen LogP contribution < -0.4 is 5.32 Å². The van der Waals surface area contributed by atoms with Crippen LogP contribution in [0.4, 0.5) is 5.69 Å². The van der Waals surface area contributed by atoms with Gasteiger partial charge in [0.15, 0.2) is 0 Å². The summed E-state index contributed by atoms with van der Waals surface area (Å²) in [4.78, 5) is 25.0. The minimum absolute atomic E-state index is 0.000287. The van der Waals surface area contributed by atoms with Gasteiger partial charge >= 0.3 is 0 Å². The Kier molecular flexibility index (Phi) is 3.92. The molecule has 1 aliphatic rings. The van der Waals surface area contributed by atoms with E-state index in [1.165, 1.54) is 0 Å². The second kappa shape index (κ2) is 5.28. The van der Waals surface area contributed by atoms with Crippen molar-refractivity contribution in [3.63, 3.8) is 0 Å². The first kappa shape index (κ1) is 13.4. The van der Waals surface area contributed by atoms with Crippen molar-refractivity contribution in [2.75, 3.05) is 18.9 Å². The number of nitrogens with zero attached hydrogens (tertiary/aromatic N) is 1. The molecule has 0 saturated carbocycles. The predicted molar refractivity (Wildman–Crippen MR) is 73.5 cm³/mol. The van der Waals surface area contributed by atoms with Gasteiger partial charge < -0.3 is 10.2 Å². The van der Waals surface area contributed by atoms with E-state index in [-0.39, 0.29) is 24.2 Å². The van der Waals surface area contributed by atoms with Crippen LogP contribution in [0.5, 0.6) is 0 Å². The highest BCUT2D eigenvalue weighted by molar-refractivity contribution is 9.10. The quantitative estimate of drug-likeness (QED) is 0.905. The summed E-state index contributed by atoms with van der Waals surface area (Å²) in [5, 5.41) is 3.32. The fourth-order valence-corrected chi connectivity index (χ4v) is 2.41. The molecule has 1 aromatic rings. The molecular weight excluding hydrogens is 320 g/mol. The maximum atomic E-state index is 12.0. The minimum atomic E-state index is -0.298. The van der Waals surface area contributed by atoms with Crippen molar-refractivity contribution in [3.8, 4) is 0 Å². The van der Waals surface area contributed by atoms with E-state index in [9.17, 15) is 9.59 Å². The molecule has 6 heteroatoms. The molecule has 1 fully saturated rings. The second-order valence-electron chi connectivity index (χ2n) is 4.27. The largest absolute Gasteiger partial charge is 0.345 e. The van der Waals surface area contributed by atoms with E-state index in [0.717, 1.165) is 0 Å². The van der Waals surface area contributed by atoms with Gasteiger partial charge in [0.25, 0.3) is 0 Å². The van der Waals surface area contributed by atoms with Crippen molar-refractivity contribution in [2.45, 2.75) is 6.42 Å². The highest BCUT2D eigenvalue weighted by Gasteiger charge is 2.32. The third-order valence-corrected chi connectivity index (χ3v) is 4.32. The highest BCUT2D eigenvalue weighted by Crippen LogP contribution is 2.30. The molecule has 96 valence electrons. The average molecular weight is 332 g/mol. The maximum absolute atomic E-state index is 12.0. The molecule has 1 saturated heterocycles. The molecule has 0 aliphatic carbocycles. The first-order valence-electron chi connectivity index (χ1n) is 5.48. The average Bonchev–Trinajstić information content (AvgIpc) is 2.66. The van der Waals surface area contributed by atoms with E-state index in [1.807, 2.05) is 0 Å². The third-order valence-electron chi connectivity index (χ3n) is 2.92. The van der Waals surface area contributed by atoms with Crippen molar-refractivity contribution >= 4 is 45.0 Å². The van der Waals surface area contributed by atoms with Crippen LogP contribution in [0.3, 0.4) is 0 Å². The SMILES string of the molecule is CN1CC(C(=O)Nc2cccc(Cl)c2Br)CC1=O. The zero-order chi connectivity index (χ0) is 13.3. The maximum Gasteiger partial charge on any atom is 0.229 e. The lowest BCUT2D eigenvalue weighted by molar-refractivity contribution is -0.127. The van der Waals surface area contributed by atoms with Crippen molar-refractivity contribution in [1.82, 2.24) is 4.90 Å². The van der Waals surface area contributed by atoms with Crippen LogP contribution in [-0.4, -0.2) is 30.3 Å². The Morgan fingerprint density at radius 1 is 1.56 bits per heavy atom. The summed E-state index contributed by atoms with van der Waals surface area (Å²) in [6.45, 7) is 0.461. The van der Waals surface area contributed by atoms with Crippen LogP contribution >= 0.6 is 27.5 Å². The van der Waals surface area contributed by atoms with Gasteiger partial charge in [-0.25, -0.2) is 0 Å². The van der Waals surface area contributed by atoms with Crippen LogP contribution in [0.2, 0.25) is 5.02 Å². The van der Waals surface area contributed by atoms with Crippen LogP contribution in [0.1, 0.15) is 6.42 Å². The molecule has 1 atom stereocenters. The predicted octanol–water partition coefficient (Wildman–Crippen LogP) is 2.52. The number of carbonyl (C=O) groups is 2. The molecule has 2 amide bonds. The summed E-state index contributed by atoms with van der Waals surface area (Å²) in [6, 6.07) is 5.25. The summed E-state index contributed by atoms with van der Waals surface area (Å²) in [5.74, 6) is -0.454. The topological polar surface area (TPSA) is 49.4 Å². The molecule has 1 unspecified atom stereocenters. The molecule has 0 radical (unpaired) electrons. The van der Waals surface area contributed by atoms with Gasteiger partial charge in [0, 0.05) is 20.0 Å². The number of carbonyl (C=O) groups excluding carboxylic acids is 2. The van der Waals surface area contributed by atoms with Gasteiger partial charge in [-0.05, 0) is 28.1 Å². The van der Waals surface area contributed by atoms with Crippen molar-refractivity contribution in [1.29, 1.82) is 0 Å². The number of amides is 2. The Hall–Kier alpha value is -1.07. The first-order chi connectivity index (χ1) is 8.49. The number of hydrogen-bond acceptors (Lipinski definition) is 2. The van der Waals surface area contributed by atoms with Gasteiger partial charge in [-0.1, -0.05) is 17.7 Å². The number of rotatable bonds is 2. The Labute approximate surface area is 118 Å². The Morgan fingerprint density at radius 2 is 2.28 bits per heavy atom. The zero-order valence-corrected chi connectivity index (χ0v) is 12.1. The number of hydrogen-bond donors (Lipinski definition) is 1. The van der Waals surface area contributed by atoms with Gasteiger partial charge in [-0.2, -0.15) is 0 Å². The normalized spacial score (nSPS) is 19.2. The number of anilines is 1. The number of likely N-dealkylation sites (tertiary alicyclic amines) is 1. The molecule has 1 N–H and O–H groups in total. The molecule has 18 heavy (non-hydrogen) atoms. The molecule has 1 aliphatic heterocycles. The Morgan fingerprint density at radius 3 is 2.89 bits per heavy atom. The molecule has 0 spiro atoms. The van der Waals surface area contributed by atoms with Gasteiger partial charge in [0.05, 0.1) is 21.1 Å². The molecular formula is C12H12BrClN2O2. The van der Waals surface area contributed by atoms with Gasteiger partial charge in [-0.3, -0.25) is 9.59 Å². The lowest BCUT2D eigenvalue weighted by Gasteiger charge is -2.12. The highest BCUT2D eigenvalue weighted by atomic mass is 79.9. The summed E-state index contributed by atoms with van der Waals surface area (Å²) in [7, 11) is 1.70. The summed E-state index contributed by atoms with van der Waals surface area (Å²) < 4.78 is 0.651. The molecule has 1 heterocycles. The van der Waals surface area contributed by atoms with Gasteiger partial charge in [-0.15, -0.1) is 0 Å². The van der Waals surface area contributed by atoms with E-state index in [4.69, 9.17) is 11.6 Å². The van der Waals surface area contributed by atoms with Crippen molar-refractivity contribution < 1.29 is 9.59 Å². The van der Waals surface area contributed by atoms with Crippen LogP contribution in [0.25, 0.3) is 0 Å². The zero-order valence-electron chi connectivity index (χ0n) is 9.74. The standard InChI is InChI=1S/C12H12BrClN2O2/c1-16-6-7(5-10(16)17)12(18)15-9-4-2-3-8(14)11(9)13/h2-4,7H,5-6H2,1H3,(H,15,18). The molecule has 0 aromatic heterocycles. The monoisotopic (exact) mass is 330 g/mol. The minimum Gasteiger partial charge on any atom is -0.345 e. The summed E-state index contributed by atoms with van der Waals surface area (Å²) in [6.07, 6.45) is 0.264. The van der Waals surface area contributed by atoms with E-state index >= 15 is 0 Å². The van der Waals surface area contributed by atoms with Crippen LogP contribution in [-0.2, 0) is 9.59 Å². The lowest BCUT2D eigenvalue weighted by atomic mass is 10.1. The van der Waals surface area contributed by atoms with Gasteiger partial charge in [0.2, 0.25) is 11.8 Å². The molecule has 4 nitrogen and oxygen atoms in total. The Bertz CT molecular complexity index is 507. The molecule has 0 bridgehead atoms. The number of nitrogens with one attached hydrogen (secondary N) is 1. The van der Waals surface area contributed by atoms with E-state index in [1.54, 1.807) is 30.1 Å². The molecule has 2 rings (SSSR count). The van der Waals surface area contributed by atoms with Crippen molar-refractivity contribution in [3.05, 3.63) is 27.7 Å². The van der Waals surface area contributed by atoms with E-state index in [2.05, 4.69) is 21.2 Å². The van der Waals surface area contributed by atoms with Crippen LogP contribution in [0, 0.1) is 5.92 Å². The van der Waals surface area contributed by atoms with Crippen LogP contribution in [0.15, 0.2) is 22.7 Å². The summed E-state index contributed by atoms with van der Waals surface area (Å²) >= 11 is 9.26. The fourth-order valence-electron chi connectivity index (χ4n) is 1.87. The van der Waals surface area contributed by atoms with E-state index < -0.39 is 0 Å².